The number of likely N-dealkylation sites (N-methyl/N-ethyl adjacent to an activating group) is 1. The van der Waals surface area contributed by atoms with E-state index in [0.29, 0.717) is 36.6 Å². The molecule has 0 saturated heterocycles. The van der Waals surface area contributed by atoms with Crippen LogP contribution in [0.3, 0.4) is 0 Å². The standard InChI is InChI=1S/C42H56N4O11/c1-7-23-53-42-36(45(6)40(50)55-29-17-15-28(16-18-29)46(51)52)26-34(44-57-41(3,4)5)32-24-27(13-9-11-21-47)31(14-10-12-22-48)37(38(32)42)33-25-30(19-20-35(33)56-42)54-39(49)43-8-2/h7,15-20,24-25,27,31,36-38,47-48H,1,8-14,21-23,26H2,2-6H3,(H,43,49)/t27-,31+,36-,37+,38+,42+/m0/s1. The van der Waals surface area contributed by atoms with Crippen LogP contribution in [0.4, 0.5) is 15.3 Å². The molecular formula is C42H56N4O11. The van der Waals surface area contributed by atoms with Crippen LogP contribution in [0.2, 0.25) is 0 Å². The van der Waals surface area contributed by atoms with Crippen molar-refractivity contribution in [2.24, 2.45) is 22.9 Å². The van der Waals surface area contributed by atoms with Gasteiger partial charge in [-0.05, 0) is 101 Å². The Kier molecular flexibility index (Phi) is 14.4. The number of oxime groups is 1. The lowest BCUT2D eigenvalue weighted by atomic mass is 9.55. The molecule has 1 fully saturated rings. The summed E-state index contributed by atoms with van der Waals surface area (Å²) in [5, 5.41) is 38.3. The number of carbonyl (C=O) groups excluding carboxylic acids is 2. The van der Waals surface area contributed by atoms with E-state index in [9.17, 15) is 29.9 Å². The molecule has 5 rings (SSSR count). The van der Waals surface area contributed by atoms with Crippen LogP contribution in [-0.4, -0.2) is 88.8 Å². The molecule has 0 bridgehead atoms. The number of aliphatic hydroxyl groups excluding tert-OH is 2. The Balaban J connectivity index is 1.73. The highest BCUT2D eigenvalue weighted by Gasteiger charge is 2.65. The highest BCUT2D eigenvalue weighted by atomic mass is 16.7. The molecule has 2 amide bonds. The van der Waals surface area contributed by atoms with Gasteiger partial charge in [-0.2, -0.15) is 0 Å². The third-order valence-electron chi connectivity index (χ3n) is 10.6. The third-order valence-corrected chi connectivity index (χ3v) is 10.6. The van der Waals surface area contributed by atoms with Gasteiger partial charge in [0, 0.05) is 56.8 Å². The molecule has 0 spiro atoms. The lowest BCUT2D eigenvalue weighted by molar-refractivity contribution is -0.384. The number of hydrogen-bond donors (Lipinski definition) is 3. The molecule has 15 heteroatoms. The molecule has 3 aliphatic rings. The summed E-state index contributed by atoms with van der Waals surface area (Å²) in [5.74, 6) is -1.58. The number of rotatable bonds is 17. The van der Waals surface area contributed by atoms with Gasteiger partial charge in [0.05, 0.1) is 23.2 Å². The maximum atomic E-state index is 14.1. The van der Waals surface area contributed by atoms with Gasteiger partial charge in [0.2, 0.25) is 5.79 Å². The minimum absolute atomic E-state index is 0.00345. The summed E-state index contributed by atoms with van der Waals surface area (Å²) in [5.41, 5.74) is 1.43. The van der Waals surface area contributed by atoms with Crippen molar-refractivity contribution in [2.75, 3.05) is 33.4 Å². The number of nitro benzene ring substituents is 1. The lowest BCUT2D eigenvalue weighted by Gasteiger charge is -2.59. The fourth-order valence-electron chi connectivity index (χ4n) is 8.21. The second kappa shape index (κ2) is 19.0. The average molecular weight is 793 g/mol. The van der Waals surface area contributed by atoms with Gasteiger partial charge in [-0.15, -0.1) is 6.58 Å². The predicted molar refractivity (Wildman–Crippen MR) is 212 cm³/mol. The molecule has 1 heterocycles. The molecule has 2 aromatic rings. The van der Waals surface area contributed by atoms with E-state index in [2.05, 4.69) is 18.0 Å². The van der Waals surface area contributed by atoms with E-state index < -0.39 is 40.5 Å². The number of fused-ring (bicyclic) bond motifs is 2. The van der Waals surface area contributed by atoms with Gasteiger partial charge in [-0.1, -0.05) is 30.1 Å². The van der Waals surface area contributed by atoms with Gasteiger partial charge in [-0.25, -0.2) is 9.59 Å². The highest BCUT2D eigenvalue weighted by molar-refractivity contribution is 6.03. The fraction of sp³-hybridized carbons (Fsp3) is 0.548. The van der Waals surface area contributed by atoms with Crippen molar-refractivity contribution in [3.8, 4) is 17.2 Å². The smallest absolute Gasteiger partial charge is 0.415 e. The number of non-ortho nitro benzene ring substituents is 1. The number of aliphatic hydroxyl groups is 2. The van der Waals surface area contributed by atoms with Crippen LogP contribution in [0.5, 0.6) is 17.2 Å². The molecule has 15 nitrogen and oxygen atoms in total. The zero-order valence-corrected chi connectivity index (χ0v) is 33.5. The van der Waals surface area contributed by atoms with Crippen LogP contribution >= 0.6 is 0 Å². The molecule has 0 unspecified atom stereocenters. The molecule has 0 aromatic heterocycles. The van der Waals surface area contributed by atoms with Crippen LogP contribution in [0.1, 0.15) is 84.1 Å². The molecule has 2 aromatic carbocycles. The normalized spacial score (nSPS) is 24.2. The van der Waals surface area contributed by atoms with Crippen LogP contribution in [0.15, 0.2) is 71.9 Å². The Morgan fingerprint density at radius 1 is 1.07 bits per heavy atom. The zero-order valence-electron chi connectivity index (χ0n) is 33.5. The monoisotopic (exact) mass is 792 g/mol. The van der Waals surface area contributed by atoms with E-state index in [-0.39, 0.29) is 55.4 Å². The molecule has 2 aliphatic carbocycles. The molecule has 310 valence electrons. The van der Waals surface area contributed by atoms with Gasteiger partial charge < -0.3 is 44.2 Å². The first-order chi connectivity index (χ1) is 27.3. The number of carbonyl (C=O) groups is 2. The number of unbranched alkanes of at least 4 members (excludes halogenated alkanes) is 2. The van der Waals surface area contributed by atoms with Gasteiger partial charge in [0.25, 0.3) is 5.69 Å². The lowest BCUT2D eigenvalue weighted by Crippen LogP contribution is -2.69. The van der Waals surface area contributed by atoms with Crippen molar-refractivity contribution in [2.45, 2.75) is 96.0 Å². The predicted octanol–water partition coefficient (Wildman–Crippen LogP) is 7.27. The minimum atomic E-state index is -1.53. The summed E-state index contributed by atoms with van der Waals surface area (Å²) in [4.78, 5) is 45.0. The number of ether oxygens (including phenoxy) is 4. The second-order valence-electron chi connectivity index (χ2n) is 15.6. The van der Waals surface area contributed by atoms with Crippen molar-refractivity contribution < 1.29 is 48.5 Å². The minimum Gasteiger partial charge on any atom is -0.459 e. The van der Waals surface area contributed by atoms with Gasteiger partial charge in [-0.3, -0.25) is 10.1 Å². The Labute approximate surface area is 333 Å². The summed E-state index contributed by atoms with van der Waals surface area (Å²) >= 11 is 0. The quantitative estimate of drug-likeness (QED) is 0.0632. The number of allylic oxidation sites excluding steroid dienone is 1. The molecule has 1 saturated carbocycles. The van der Waals surface area contributed by atoms with Crippen molar-refractivity contribution >= 4 is 23.6 Å². The van der Waals surface area contributed by atoms with Gasteiger partial charge in [0.1, 0.15) is 28.9 Å². The van der Waals surface area contributed by atoms with Crippen molar-refractivity contribution in [3.05, 3.63) is 82.4 Å². The molecule has 1 aliphatic heterocycles. The van der Waals surface area contributed by atoms with E-state index in [4.69, 9.17) is 28.9 Å². The molecule has 3 N–H and O–H groups in total. The largest absolute Gasteiger partial charge is 0.459 e. The summed E-state index contributed by atoms with van der Waals surface area (Å²) in [6.07, 6.45) is 6.85. The van der Waals surface area contributed by atoms with E-state index >= 15 is 0 Å². The molecule has 57 heavy (non-hydrogen) atoms. The first-order valence-corrected chi connectivity index (χ1v) is 19.7. The molecule has 6 atom stereocenters. The van der Waals surface area contributed by atoms with E-state index in [1.165, 1.54) is 29.2 Å². The third kappa shape index (κ3) is 9.94. The maximum Gasteiger partial charge on any atom is 0.415 e. The van der Waals surface area contributed by atoms with E-state index in [1.54, 1.807) is 32.2 Å². The highest BCUT2D eigenvalue weighted by Crippen LogP contribution is 2.62. The van der Waals surface area contributed by atoms with Crippen LogP contribution < -0.4 is 19.5 Å². The number of benzene rings is 2. The van der Waals surface area contributed by atoms with Gasteiger partial charge >= 0.3 is 12.2 Å². The Hall–Kier alpha value is -4.99. The topological polar surface area (TPSA) is 192 Å². The van der Waals surface area contributed by atoms with Crippen molar-refractivity contribution in [1.29, 1.82) is 0 Å². The fourth-order valence-corrected chi connectivity index (χ4v) is 8.21. The summed E-state index contributed by atoms with van der Waals surface area (Å²) in [6, 6.07) is 9.61. The van der Waals surface area contributed by atoms with Crippen molar-refractivity contribution in [1.82, 2.24) is 10.2 Å². The average Bonchev–Trinajstić information content (AvgIpc) is 3.17. The summed E-state index contributed by atoms with van der Waals surface area (Å²) < 4.78 is 25.4. The van der Waals surface area contributed by atoms with Gasteiger partial charge in [0.15, 0.2) is 0 Å². The summed E-state index contributed by atoms with van der Waals surface area (Å²) in [6.45, 7) is 12.0. The molecular weight excluding hydrogens is 736 g/mol. The van der Waals surface area contributed by atoms with E-state index in [0.717, 1.165) is 36.8 Å². The van der Waals surface area contributed by atoms with Crippen molar-refractivity contribution in [3.63, 3.8) is 0 Å². The first kappa shape index (κ1) is 43.1. The zero-order chi connectivity index (χ0) is 41.3. The number of nitrogens with zero attached hydrogens (tertiary/aromatic N) is 3. The van der Waals surface area contributed by atoms with Crippen LogP contribution in [0, 0.1) is 27.9 Å². The van der Waals surface area contributed by atoms with Crippen LogP contribution in [-0.2, 0) is 9.57 Å². The Bertz CT molecular complexity index is 1810. The number of nitrogens with one attached hydrogen (secondary N) is 1. The van der Waals surface area contributed by atoms with E-state index in [1.807, 2.05) is 26.8 Å². The Morgan fingerprint density at radius 3 is 2.39 bits per heavy atom. The summed E-state index contributed by atoms with van der Waals surface area (Å²) in [7, 11) is 1.59. The number of amides is 2. The first-order valence-electron chi connectivity index (χ1n) is 19.7. The Morgan fingerprint density at radius 2 is 1.75 bits per heavy atom. The molecule has 0 radical (unpaired) electrons. The number of hydrogen-bond acceptors (Lipinski definition) is 12. The SMILES string of the molecule is C=CCO[C@@]12Oc3ccc(OC(=O)NCC)cc3[C@H]3[C@H](CCCCO)[C@@H](CCCCO)C=C(C(=NOC(C)(C)C)C[C@@H]1N(C)C(=O)Oc1ccc([N+](=O)[O-])cc1)[C@H]32. The maximum absolute atomic E-state index is 14.1. The second-order valence-corrected chi connectivity index (χ2v) is 15.6. The van der Waals surface area contributed by atoms with Crippen LogP contribution in [0.25, 0.3) is 0 Å². The number of nitro groups is 1.